The first-order chi connectivity index (χ1) is 16.7. The number of benzene rings is 1. The average molecular weight is 459 g/mol. The third-order valence-electron chi connectivity index (χ3n) is 6.23. The van der Waals surface area contributed by atoms with E-state index in [1.54, 1.807) is 15.2 Å². The zero-order valence-electron chi connectivity index (χ0n) is 18.6. The summed E-state index contributed by atoms with van der Waals surface area (Å²) in [7, 11) is 0. The molecule has 0 bridgehead atoms. The minimum absolute atomic E-state index is 0.137. The van der Waals surface area contributed by atoms with Gasteiger partial charge in [0.15, 0.2) is 11.5 Å². The summed E-state index contributed by atoms with van der Waals surface area (Å²) in [5.41, 5.74) is 3.86. The molecule has 2 N–H and O–H groups in total. The Balaban J connectivity index is 1.29. The molecular weight excluding hydrogens is 435 g/mol. The van der Waals surface area contributed by atoms with E-state index >= 15 is 0 Å². The second kappa shape index (κ2) is 8.38. The fraction of sp³-hybridized carbons (Fsp3) is 0.250. The number of nitrogens with zero attached hydrogens (tertiary/aromatic N) is 6. The highest BCUT2D eigenvalue weighted by Crippen LogP contribution is 2.36. The van der Waals surface area contributed by atoms with Gasteiger partial charge in [0, 0.05) is 23.5 Å². The zero-order valence-corrected chi connectivity index (χ0v) is 18.6. The second-order valence-electron chi connectivity index (χ2n) is 8.45. The molecule has 6 rings (SSSR count). The van der Waals surface area contributed by atoms with Gasteiger partial charge in [-0.15, -0.1) is 0 Å². The van der Waals surface area contributed by atoms with Crippen molar-refractivity contribution in [3.05, 3.63) is 72.3 Å². The van der Waals surface area contributed by atoms with Crippen molar-refractivity contribution in [2.75, 3.05) is 18.4 Å². The van der Waals surface area contributed by atoms with Crippen LogP contribution >= 0.6 is 0 Å². The normalized spacial score (nSPS) is 14.6. The summed E-state index contributed by atoms with van der Waals surface area (Å²) in [6, 6.07) is 9.47. The Morgan fingerprint density at radius 1 is 1.06 bits per heavy atom. The molecule has 5 heterocycles. The van der Waals surface area contributed by atoms with Crippen LogP contribution in [0.3, 0.4) is 0 Å². The molecule has 34 heavy (non-hydrogen) atoms. The highest BCUT2D eigenvalue weighted by atomic mass is 19.1. The van der Waals surface area contributed by atoms with Crippen molar-refractivity contribution in [2.24, 2.45) is 0 Å². The minimum Gasteiger partial charge on any atom is -0.457 e. The van der Waals surface area contributed by atoms with Crippen LogP contribution < -0.4 is 15.4 Å². The standard InChI is InChI=1S/C24H23FN8O/c1-15-10-17(2-3-20(15)34-18-6-9-32-21(11-18)27-13-29-32)31-24-23-22(16-4-7-26-8-5-16)19(25)12-33(23)30-14-28-24/h2-3,6,9-14,16,26H,4-5,7-8H2,1H3,(H,28,30,31). The maximum Gasteiger partial charge on any atom is 0.158 e. The van der Waals surface area contributed by atoms with Crippen molar-refractivity contribution in [3.8, 4) is 11.5 Å². The number of piperidine rings is 1. The molecule has 1 aromatic carbocycles. The number of aromatic nitrogens is 6. The van der Waals surface area contributed by atoms with Gasteiger partial charge < -0.3 is 15.4 Å². The Kier molecular flexibility index (Phi) is 5.06. The first-order valence-electron chi connectivity index (χ1n) is 11.2. The summed E-state index contributed by atoms with van der Waals surface area (Å²) in [6.45, 7) is 3.73. The van der Waals surface area contributed by atoms with Gasteiger partial charge in [0.2, 0.25) is 0 Å². The minimum atomic E-state index is -0.236. The SMILES string of the molecule is Cc1cc(Nc2ncnn3cc(F)c(C4CCNCC4)c23)ccc1Oc1ccn2ncnc2c1. The summed E-state index contributed by atoms with van der Waals surface area (Å²) in [5.74, 6) is 1.89. The fourth-order valence-electron chi connectivity index (χ4n) is 4.56. The van der Waals surface area contributed by atoms with E-state index in [1.165, 1.54) is 18.9 Å². The summed E-state index contributed by atoms with van der Waals surface area (Å²) >= 11 is 0. The lowest BCUT2D eigenvalue weighted by atomic mass is 9.90. The van der Waals surface area contributed by atoms with Crippen LogP contribution in [0.5, 0.6) is 11.5 Å². The predicted molar refractivity (Wildman–Crippen MR) is 125 cm³/mol. The summed E-state index contributed by atoms with van der Waals surface area (Å²) in [5, 5.41) is 15.0. The van der Waals surface area contributed by atoms with Crippen LogP contribution in [0.2, 0.25) is 0 Å². The lowest BCUT2D eigenvalue weighted by Crippen LogP contribution is -2.27. The average Bonchev–Trinajstić information content (AvgIpc) is 3.45. The number of nitrogens with one attached hydrogen (secondary N) is 2. The molecular formula is C24H23FN8O. The third kappa shape index (κ3) is 3.71. The number of rotatable bonds is 5. The van der Waals surface area contributed by atoms with Crippen LogP contribution in [0.1, 0.15) is 29.9 Å². The molecule has 10 heteroatoms. The van der Waals surface area contributed by atoms with E-state index in [1.807, 2.05) is 37.3 Å². The molecule has 1 saturated heterocycles. The zero-order chi connectivity index (χ0) is 23.1. The molecule has 0 unspecified atom stereocenters. The quantitative estimate of drug-likeness (QED) is 0.407. The Labute approximate surface area is 194 Å². The molecule has 1 fully saturated rings. The van der Waals surface area contributed by atoms with E-state index in [0.29, 0.717) is 28.3 Å². The van der Waals surface area contributed by atoms with Crippen molar-refractivity contribution in [2.45, 2.75) is 25.7 Å². The maximum absolute atomic E-state index is 14.9. The van der Waals surface area contributed by atoms with Crippen LogP contribution in [0.15, 0.2) is 55.4 Å². The molecule has 0 amide bonds. The number of ether oxygens (including phenoxy) is 1. The van der Waals surface area contributed by atoms with Gasteiger partial charge in [-0.3, -0.25) is 0 Å². The largest absolute Gasteiger partial charge is 0.457 e. The monoisotopic (exact) mass is 458 g/mol. The number of fused-ring (bicyclic) bond motifs is 2. The highest BCUT2D eigenvalue weighted by molar-refractivity contribution is 5.77. The lowest BCUT2D eigenvalue weighted by molar-refractivity contribution is 0.449. The summed E-state index contributed by atoms with van der Waals surface area (Å²) in [6.07, 6.45) is 7.95. The number of anilines is 2. The third-order valence-corrected chi connectivity index (χ3v) is 6.23. The van der Waals surface area contributed by atoms with Gasteiger partial charge in [0.25, 0.3) is 0 Å². The van der Waals surface area contributed by atoms with Gasteiger partial charge in [-0.2, -0.15) is 10.2 Å². The molecule has 1 aliphatic heterocycles. The van der Waals surface area contributed by atoms with Crippen LogP contribution in [0.4, 0.5) is 15.9 Å². The lowest BCUT2D eigenvalue weighted by Gasteiger charge is -2.23. The van der Waals surface area contributed by atoms with Crippen molar-refractivity contribution >= 4 is 22.7 Å². The molecule has 172 valence electrons. The Hall–Kier alpha value is -4.05. The number of hydrogen-bond donors (Lipinski definition) is 2. The van der Waals surface area contributed by atoms with Crippen molar-refractivity contribution < 1.29 is 9.13 Å². The van der Waals surface area contributed by atoms with Gasteiger partial charge in [0.1, 0.15) is 35.5 Å². The van der Waals surface area contributed by atoms with Gasteiger partial charge in [-0.05, 0) is 68.6 Å². The van der Waals surface area contributed by atoms with Crippen LogP contribution in [-0.4, -0.2) is 42.3 Å². The first kappa shape index (κ1) is 20.5. The van der Waals surface area contributed by atoms with E-state index in [-0.39, 0.29) is 11.7 Å². The fourth-order valence-corrected chi connectivity index (χ4v) is 4.56. The number of halogens is 1. The molecule has 0 saturated carbocycles. The Morgan fingerprint density at radius 2 is 1.88 bits per heavy atom. The molecule has 0 radical (unpaired) electrons. The Bertz CT molecular complexity index is 1490. The van der Waals surface area contributed by atoms with E-state index < -0.39 is 0 Å². The van der Waals surface area contributed by atoms with Gasteiger partial charge in [0.05, 0.1) is 6.20 Å². The van der Waals surface area contributed by atoms with E-state index in [4.69, 9.17) is 4.74 Å². The first-order valence-corrected chi connectivity index (χ1v) is 11.2. The van der Waals surface area contributed by atoms with E-state index in [2.05, 4.69) is 30.8 Å². The summed E-state index contributed by atoms with van der Waals surface area (Å²) < 4.78 is 24.3. The molecule has 0 atom stereocenters. The molecule has 1 aliphatic rings. The van der Waals surface area contributed by atoms with Gasteiger partial charge in [-0.25, -0.2) is 23.4 Å². The number of aryl methyl sites for hydroxylation is 1. The smallest absolute Gasteiger partial charge is 0.158 e. The topological polar surface area (TPSA) is 93.7 Å². The van der Waals surface area contributed by atoms with Crippen LogP contribution in [0, 0.1) is 12.7 Å². The second-order valence-corrected chi connectivity index (χ2v) is 8.45. The predicted octanol–water partition coefficient (Wildman–Crippen LogP) is 4.22. The van der Waals surface area contributed by atoms with Crippen molar-refractivity contribution in [1.82, 2.24) is 34.5 Å². The molecule has 0 aliphatic carbocycles. The molecule has 5 aromatic rings. The number of pyridine rings is 1. The number of hydrogen-bond acceptors (Lipinski definition) is 7. The van der Waals surface area contributed by atoms with Crippen molar-refractivity contribution in [1.29, 1.82) is 0 Å². The Morgan fingerprint density at radius 3 is 2.74 bits per heavy atom. The molecule has 9 nitrogen and oxygen atoms in total. The van der Waals surface area contributed by atoms with E-state index in [0.717, 1.165) is 42.9 Å². The van der Waals surface area contributed by atoms with E-state index in [9.17, 15) is 4.39 Å². The van der Waals surface area contributed by atoms with Gasteiger partial charge >= 0.3 is 0 Å². The molecule has 0 spiro atoms. The summed E-state index contributed by atoms with van der Waals surface area (Å²) in [4.78, 5) is 8.63. The molecule has 4 aromatic heterocycles. The van der Waals surface area contributed by atoms with Crippen molar-refractivity contribution in [3.63, 3.8) is 0 Å². The van der Waals surface area contributed by atoms with Crippen LogP contribution in [0.25, 0.3) is 11.2 Å². The van der Waals surface area contributed by atoms with Crippen LogP contribution in [-0.2, 0) is 0 Å². The van der Waals surface area contributed by atoms with Gasteiger partial charge in [-0.1, -0.05) is 0 Å². The maximum atomic E-state index is 14.9. The highest BCUT2D eigenvalue weighted by Gasteiger charge is 2.25.